The molecular weight excluding hydrogens is 344 g/mol. The van der Waals surface area contributed by atoms with Crippen molar-refractivity contribution in [3.63, 3.8) is 0 Å². The van der Waals surface area contributed by atoms with Gasteiger partial charge in [-0.1, -0.05) is 6.07 Å². The molecule has 1 amide bonds. The van der Waals surface area contributed by atoms with E-state index in [2.05, 4.69) is 10.1 Å². The predicted molar refractivity (Wildman–Crippen MR) is 101 cm³/mol. The number of hydrogen-bond acceptors (Lipinski definition) is 5. The first-order valence-electron chi connectivity index (χ1n) is 9.55. The van der Waals surface area contributed by atoms with Crippen LogP contribution in [0.5, 0.6) is 0 Å². The molecule has 2 aromatic heterocycles. The van der Waals surface area contributed by atoms with Crippen LogP contribution in [0, 0.1) is 5.92 Å². The summed E-state index contributed by atoms with van der Waals surface area (Å²) in [4.78, 5) is 19.4. The smallest absolute Gasteiger partial charge is 0.229 e. The quantitative estimate of drug-likeness (QED) is 0.633. The molecule has 146 valence electrons. The van der Waals surface area contributed by atoms with Gasteiger partial charge < -0.3 is 14.4 Å². The molecule has 0 N–H and O–H groups in total. The van der Waals surface area contributed by atoms with Gasteiger partial charge in [0.05, 0.1) is 23.9 Å². The minimum absolute atomic E-state index is 0.121. The number of pyridine rings is 1. The maximum absolute atomic E-state index is 13.2. The van der Waals surface area contributed by atoms with Crippen LogP contribution in [0.2, 0.25) is 0 Å². The van der Waals surface area contributed by atoms with E-state index < -0.39 is 0 Å². The van der Waals surface area contributed by atoms with Crippen LogP contribution in [-0.4, -0.2) is 52.4 Å². The molecule has 1 fully saturated rings. The predicted octanol–water partition coefficient (Wildman–Crippen LogP) is 2.44. The lowest BCUT2D eigenvalue weighted by molar-refractivity contribution is -0.138. The molecule has 7 heteroatoms. The lowest BCUT2D eigenvalue weighted by atomic mass is 9.97. The van der Waals surface area contributed by atoms with Crippen LogP contribution in [0.3, 0.4) is 0 Å². The summed E-state index contributed by atoms with van der Waals surface area (Å²) in [5, 5.41) is 4.41. The standard InChI is InChI=1S/C20H28N4O3/c1-3-23(15-16-7-4-5-10-21-16)20(25)17-9-14-27-19(17)18-8-11-22-24(18)12-6-13-26-2/h4-5,7-8,10-11,17,19H,3,6,9,12-15H2,1-2H3/t17-,19-/m0/s1. The summed E-state index contributed by atoms with van der Waals surface area (Å²) < 4.78 is 13.0. The number of carbonyl (C=O) groups excluding carboxylic acids is 1. The average Bonchev–Trinajstić information content (AvgIpc) is 3.35. The Bertz CT molecular complexity index is 719. The molecule has 0 aliphatic carbocycles. The second kappa shape index (κ2) is 9.62. The first kappa shape index (κ1) is 19.5. The molecule has 2 atom stereocenters. The zero-order valence-corrected chi connectivity index (χ0v) is 16.1. The molecule has 2 aromatic rings. The van der Waals surface area contributed by atoms with Crippen molar-refractivity contribution in [2.45, 2.75) is 39.0 Å². The highest BCUT2D eigenvalue weighted by Gasteiger charge is 2.39. The Morgan fingerprint density at radius 2 is 2.26 bits per heavy atom. The van der Waals surface area contributed by atoms with Crippen molar-refractivity contribution in [3.8, 4) is 0 Å². The van der Waals surface area contributed by atoms with E-state index in [9.17, 15) is 4.79 Å². The van der Waals surface area contributed by atoms with Crippen molar-refractivity contribution in [2.24, 2.45) is 5.92 Å². The number of methoxy groups -OCH3 is 1. The van der Waals surface area contributed by atoms with E-state index in [0.29, 0.717) is 26.3 Å². The topological polar surface area (TPSA) is 69.5 Å². The van der Waals surface area contributed by atoms with Gasteiger partial charge in [-0.05, 0) is 38.0 Å². The summed E-state index contributed by atoms with van der Waals surface area (Å²) in [5.74, 6) is -0.0677. The third-order valence-corrected chi connectivity index (χ3v) is 4.94. The van der Waals surface area contributed by atoms with Crippen LogP contribution < -0.4 is 0 Å². The molecule has 0 aromatic carbocycles. The summed E-state index contributed by atoms with van der Waals surface area (Å²) in [6.07, 6.45) is 4.88. The van der Waals surface area contributed by atoms with Crippen LogP contribution in [-0.2, 0) is 27.4 Å². The summed E-state index contributed by atoms with van der Waals surface area (Å²) in [6, 6.07) is 7.73. The summed E-state index contributed by atoms with van der Waals surface area (Å²) in [5.41, 5.74) is 1.86. The van der Waals surface area contributed by atoms with Gasteiger partial charge >= 0.3 is 0 Å². The average molecular weight is 372 g/mol. The van der Waals surface area contributed by atoms with Gasteiger partial charge in [-0.15, -0.1) is 0 Å². The van der Waals surface area contributed by atoms with E-state index in [-0.39, 0.29) is 17.9 Å². The third kappa shape index (κ3) is 4.73. The van der Waals surface area contributed by atoms with Gasteiger partial charge in [-0.2, -0.15) is 5.10 Å². The van der Waals surface area contributed by atoms with Crippen LogP contribution in [0.1, 0.15) is 37.3 Å². The molecule has 27 heavy (non-hydrogen) atoms. The zero-order chi connectivity index (χ0) is 19.1. The van der Waals surface area contributed by atoms with Crippen molar-refractivity contribution in [1.82, 2.24) is 19.7 Å². The van der Waals surface area contributed by atoms with Crippen molar-refractivity contribution >= 4 is 5.91 Å². The maximum Gasteiger partial charge on any atom is 0.229 e. The van der Waals surface area contributed by atoms with E-state index in [1.807, 2.05) is 40.8 Å². The highest BCUT2D eigenvalue weighted by Crippen LogP contribution is 2.36. The summed E-state index contributed by atoms with van der Waals surface area (Å²) >= 11 is 0. The fourth-order valence-electron chi connectivity index (χ4n) is 3.53. The monoisotopic (exact) mass is 372 g/mol. The van der Waals surface area contributed by atoms with Gasteiger partial charge in [-0.3, -0.25) is 14.5 Å². The van der Waals surface area contributed by atoms with Crippen molar-refractivity contribution in [1.29, 1.82) is 0 Å². The minimum Gasteiger partial charge on any atom is -0.385 e. The maximum atomic E-state index is 13.2. The lowest BCUT2D eigenvalue weighted by Gasteiger charge is -2.27. The van der Waals surface area contributed by atoms with Crippen molar-refractivity contribution < 1.29 is 14.3 Å². The number of aryl methyl sites for hydroxylation is 1. The number of carbonyl (C=O) groups is 1. The highest BCUT2D eigenvalue weighted by molar-refractivity contribution is 5.79. The molecule has 0 radical (unpaired) electrons. The van der Waals surface area contributed by atoms with Gasteiger partial charge in [0.15, 0.2) is 0 Å². The number of aromatic nitrogens is 3. The van der Waals surface area contributed by atoms with E-state index in [0.717, 1.165) is 30.8 Å². The largest absolute Gasteiger partial charge is 0.385 e. The fraction of sp³-hybridized carbons (Fsp3) is 0.550. The molecule has 3 rings (SSSR count). The van der Waals surface area contributed by atoms with E-state index in [1.165, 1.54) is 0 Å². The van der Waals surface area contributed by atoms with E-state index >= 15 is 0 Å². The van der Waals surface area contributed by atoms with Gasteiger partial charge in [0, 0.05) is 45.8 Å². The van der Waals surface area contributed by atoms with Crippen LogP contribution in [0.25, 0.3) is 0 Å². The van der Waals surface area contributed by atoms with Crippen LogP contribution in [0.4, 0.5) is 0 Å². The first-order chi connectivity index (χ1) is 13.2. The molecule has 0 spiro atoms. The molecule has 1 saturated heterocycles. The third-order valence-electron chi connectivity index (χ3n) is 4.94. The number of ether oxygens (including phenoxy) is 2. The van der Waals surface area contributed by atoms with Gasteiger partial charge in [-0.25, -0.2) is 0 Å². The second-order valence-electron chi connectivity index (χ2n) is 6.69. The number of hydrogen-bond donors (Lipinski definition) is 0. The van der Waals surface area contributed by atoms with Crippen LogP contribution in [0.15, 0.2) is 36.7 Å². The second-order valence-corrected chi connectivity index (χ2v) is 6.69. The Morgan fingerprint density at radius 1 is 1.37 bits per heavy atom. The van der Waals surface area contributed by atoms with Gasteiger partial charge in [0.2, 0.25) is 5.91 Å². The Morgan fingerprint density at radius 3 is 3.00 bits per heavy atom. The lowest BCUT2D eigenvalue weighted by Crippen LogP contribution is -2.37. The van der Waals surface area contributed by atoms with Gasteiger partial charge in [0.25, 0.3) is 0 Å². The first-order valence-corrected chi connectivity index (χ1v) is 9.55. The highest BCUT2D eigenvalue weighted by atomic mass is 16.5. The fourth-order valence-corrected chi connectivity index (χ4v) is 3.53. The Kier molecular flexibility index (Phi) is 6.95. The Balaban J connectivity index is 1.71. The molecule has 0 unspecified atom stereocenters. The zero-order valence-electron chi connectivity index (χ0n) is 16.1. The van der Waals surface area contributed by atoms with Crippen molar-refractivity contribution in [2.75, 3.05) is 26.9 Å². The molecule has 0 saturated carbocycles. The van der Waals surface area contributed by atoms with E-state index in [1.54, 1.807) is 19.5 Å². The van der Waals surface area contributed by atoms with E-state index in [4.69, 9.17) is 9.47 Å². The SMILES string of the molecule is CCN(Cc1ccccn1)C(=O)[C@H]1CCO[C@@H]1c1ccnn1CCCOC. The van der Waals surface area contributed by atoms with Crippen molar-refractivity contribution in [3.05, 3.63) is 48.0 Å². The molecule has 7 nitrogen and oxygen atoms in total. The molecule has 0 bridgehead atoms. The molecule has 3 heterocycles. The normalized spacial score (nSPS) is 19.3. The summed E-state index contributed by atoms with van der Waals surface area (Å²) in [7, 11) is 1.69. The number of nitrogens with zero attached hydrogens (tertiary/aromatic N) is 4. The summed E-state index contributed by atoms with van der Waals surface area (Å²) in [6.45, 7) is 5.19. The molecule has 1 aliphatic heterocycles. The van der Waals surface area contributed by atoms with Crippen LogP contribution >= 0.6 is 0 Å². The minimum atomic E-state index is -0.250. The molecular formula is C20H28N4O3. The van der Waals surface area contributed by atoms with Gasteiger partial charge in [0.1, 0.15) is 6.10 Å². The Hall–Kier alpha value is -2.25. The number of amides is 1. The number of rotatable bonds is 9. The Labute approximate surface area is 160 Å². The molecule has 1 aliphatic rings.